The van der Waals surface area contributed by atoms with Crippen molar-refractivity contribution in [2.45, 2.75) is 18.9 Å². The molecule has 1 aromatic rings. The fraction of sp³-hybridized carbons (Fsp3) is 0.500. The van der Waals surface area contributed by atoms with Gasteiger partial charge in [-0.05, 0) is 12.8 Å². The minimum atomic E-state index is -0.337. The molecule has 1 fully saturated rings. The molecule has 1 unspecified atom stereocenters. The standard InChI is InChI=1S/C12H16N4O3/c17-11(9-8-13-3-4-14-9)15-5-6-16-12(18)10-2-1-7-19-10/h3-4,8,10H,1-2,5-7H2,(H,15,17)(H,16,18). The first-order chi connectivity index (χ1) is 9.27. The van der Waals surface area contributed by atoms with Crippen molar-refractivity contribution in [2.75, 3.05) is 19.7 Å². The van der Waals surface area contributed by atoms with E-state index >= 15 is 0 Å². The summed E-state index contributed by atoms with van der Waals surface area (Å²) in [6.07, 6.45) is 5.68. The van der Waals surface area contributed by atoms with Crippen LogP contribution in [-0.4, -0.2) is 47.6 Å². The highest BCUT2D eigenvalue weighted by molar-refractivity contribution is 5.91. The Kier molecular flexibility index (Phi) is 4.79. The van der Waals surface area contributed by atoms with Gasteiger partial charge in [0.2, 0.25) is 5.91 Å². The fourth-order valence-electron chi connectivity index (χ4n) is 1.77. The zero-order valence-electron chi connectivity index (χ0n) is 10.5. The van der Waals surface area contributed by atoms with Crippen LogP contribution in [0.3, 0.4) is 0 Å². The second kappa shape index (κ2) is 6.79. The molecule has 0 saturated carbocycles. The van der Waals surface area contributed by atoms with E-state index in [1.165, 1.54) is 18.6 Å². The van der Waals surface area contributed by atoms with E-state index < -0.39 is 0 Å². The molecule has 7 heteroatoms. The van der Waals surface area contributed by atoms with E-state index in [9.17, 15) is 9.59 Å². The summed E-state index contributed by atoms with van der Waals surface area (Å²) in [7, 11) is 0. The van der Waals surface area contributed by atoms with Gasteiger partial charge in [0.15, 0.2) is 0 Å². The normalized spacial score (nSPS) is 18.0. The summed E-state index contributed by atoms with van der Waals surface area (Å²) in [5, 5.41) is 5.36. The summed E-state index contributed by atoms with van der Waals surface area (Å²) in [5.74, 6) is -0.425. The Balaban J connectivity index is 1.64. The van der Waals surface area contributed by atoms with Crippen LogP contribution in [0.15, 0.2) is 18.6 Å². The fourth-order valence-corrected chi connectivity index (χ4v) is 1.77. The molecular formula is C12H16N4O3. The molecule has 0 aromatic carbocycles. The number of aromatic nitrogens is 2. The monoisotopic (exact) mass is 264 g/mol. The van der Waals surface area contributed by atoms with Gasteiger partial charge < -0.3 is 15.4 Å². The van der Waals surface area contributed by atoms with Crippen LogP contribution in [0.2, 0.25) is 0 Å². The van der Waals surface area contributed by atoms with Crippen molar-refractivity contribution < 1.29 is 14.3 Å². The molecule has 2 rings (SSSR count). The van der Waals surface area contributed by atoms with Gasteiger partial charge >= 0.3 is 0 Å². The third-order valence-corrected chi connectivity index (χ3v) is 2.73. The first-order valence-electron chi connectivity index (χ1n) is 6.21. The lowest BCUT2D eigenvalue weighted by Crippen LogP contribution is -2.39. The number of carbonyl (C=O) groups is 2. The Morgan fingerprint density at radius 3 is 2.84 bits per heavy atom. The number of nitrogens with one attached hydrogen (secondary N) is 2. The Morgan fingerprint density at radius 2 is 2.16 bits per heavy atom. The first kappa shape index (κ1) is 13.4. The molecular weight excluding hydrogens is 248 g/mol. The number of rotatable bonds is 5. The zero-order chi connectivity index (χ0) is 13.5. The highest BCUT2D eigenvalue weighted by Gasteiger charge is 2.22. The van der Waals surface area contributed by atoms with Gasteiger partial charge in [-0.2, -0.15) is 0 Å². The molecule has 7 nitrogen and oxygen atoms in total. The van der Waals surface area contributed by atoms with E-state index in [1.54, 1.807) is 0 Å². The van der Waals surface area contributed by atoms with Crippen LogP contribution >= 0.6 is 0 Å². The maximum Gasteiger partial charge on any atom is 0.271 e. The van der Waals surface area contributed by atoms with Crippen molar-refractivity contribution in [2.24, 2.45) is 0 Å². The van der Waals surface area contributed by atoms with Crippen molar-refractivity contribution in [3.05, 3.63) is 24.3 Å². The van der Waals surface area contributed by atoms with E-state index in [-0.39, 0.29) is 23.6 Å². The van der Waals surface area contributed by atoms with Gasteiger partial charge in [0.1, 0.15) is 11.8 Å². The van der Waals surface area contributed by atoms with Crippen molar-refractivity contribution in [3.63, 3.8) is 0 Å². The zero-order valence-corrected chi connectivity index (χ0v) is 10.5. The molecule has 1 aromatic heterocycles. The van der Waals surface area contributed by atoms with E-state index in [2.05, 4.69) is 20.6 Å². The summed E-state index contributed by atoms with van der Waals surface area (Å²) in [6.45, 7) is 1.35. The maximum atomic E-state index is 11.6. The summed E-state index contributed by atoms with van der Waals surface area (Å²) < 4.78 is 5.24. The third kappa shape index (κ3) is 3.99. The van der Waals surface area contributed by atoms with Crippen LogP contribution in [0.5, 0.6) is 0 Å². The molecule has 1 aliphatic rings. The van der Waals surface area contributed by atoms with Crippen LogP contribution in [-0.2, 0) is 9.53 Å². The van der Waals surface area contributed by atoms with Gasteiger partial charge in [-0.25, -0.2) is 4.98 Å². The van der Waals surface area contributed by atoms with Crippen molar-refractivity contribution in [1.29, 1.82) is 0 Å². The summed E-state index contributed by atoms with van der Waals surface area (Å²) in [4.78, 5) is 30.9. The average Bonchev–Trinajstić information content (AvgIpc) is 2.98. The minimum Gasteiger partial charge on any atom is -0.368 e. The second-order valence-electron chi connectivity index (χ2n) is 4.14. The van der Waals surface area contributed by atoms with E-state index in [0.717, 1.165) is 12.8 Å². The van der Waals surface area contributed by atoms with Crippen LogP contribution < -0.4 is 10.6 Å². The van der Waals surface area contributed by atoms with Gasteiger partial charge in [0.25, 0.3) is 5.91 Å². The van der Waals surface area contributed by atoms with Crippen LogP contribution in [0.1, 0.15) is 23.3 Å². The molecule has 2 N–H and O–H groups in total. The number of carbonyl (C=O) groups excluding carboxylic acids is 2. The van der Waals surface area contributed by atoms with E-state index in [4.69, 9.17) is 4.74 Å². The number of nitrogens with zero attached hydrogens (tertiary/aromatic N) is 2. The molecule has 1 aliphatic heterocycles. The van der Waals surface area contributed by atoms with E-state index in [0.29, 0.717) is 19.7 Å². The molecule has 1 atom stereocenters. The van der Waals surface area contributed by atoms with Crippen molar-refractivity contribution in [3.8, 4) is 0 Å². The Hall–Kier alpha value is -2.02. The molecule has 0 spiro atoms. The van der Waals surface area contributed by atoms with Crippen LogP contribution in [0, 0.1) is 0 Å². The molecule has 0 aliphatic carbocycles. The van der Waals surface area contributed by atoms with Gasteiger partial charge in [-0.15, -0.1) is 0 Å². The highest BCUT2D eigenvalue weighted by atomic mass is 16.5. The lowest BCUT2D eigenvalue weighted by Gasteiger charge is -2.10. The number of hydrogen-bond donors (Lipinski definition) is 2. The quantitative estimate of drug-likeness (QED) is 0.699. The molecule has 2 amide bonds. The molecule has 2 heterocycles. The molecule has 0 bridgehead atoms. The smallest absolute Gasteiger partial charge is 0.271 e. The van der Waals surface area contributed by atoms with Crippen LogP contribution in [0.4, 0.5) is 0 Å². The Bertz CT molecular complexity index is 432. The largest absolute Gasteiger partial charge is 0.368 e. The highest BCUT2D eigenvalue weighted by Crippen LogP contribution is 2.11. The van der Waals surface area contributed by atoms with E-state index in [1.807, 2.05) is 0 Å². The second-order valence-corrected chi connectivity index (χ2v) is 4.14. The molecule has 19 heavy (non-hydrogen) atoms. The summed E-state index contributed by atoms with van der Waals surface area (Å²) in [6, 6.07) is 0. The van der Waals surface area contributed by atoms with Gasteiger partial charge in [0.05, 0.1) is 6.20 Å². The maximum absolute atomic E-state index is 11.6. The predicted octanol–water partition coefficient (Wildman–Crippen LogP) is -0.498. The predicted molar refractivity (Wildman–Crippen MR) is 66.3 cm³/mol. The van der Waals surface area contributed by atoms with Gasteiger partial charge in [-0.1, -0.05) is 0 Å². The Morgan fingerprint density at radius 1 is 1.32 bits per heavy atom. The van der Waals surface area contributed by atoms with Crippen molar-refractivity contribution in [1.82, 2.24) is 20.6 Å². The van der Waals surface area contributed by atoms with Crippen molar-refractivity contribution >= 4 is 11.8 Å². The third-order valence-electron chi connectivity index (χ3n) is 2.73. The number of amides is 2. The molecule has 1 saturated heterocycles. The Labute approximate surface area is 110 Å². The summed E-state index contributed by atoms with van der Waals surface area (Å²) in [5.41, 5.74) is 0.257. The lowest BCUT2D eigenvalue weighted by atomic mass is 10.2. The lowest BCUT2D eigenvalue weighted by molar-refractivity contribution is -0.129. The number of ether oxygens (including phenoxy) is 1. The average molecular weight is 264 g/mol. The summed E-state index contributed by atoms with van der Waals surface area (Å²) >= 11 is 0. The van der Waals surface area contributed by atoms with Gasteiger partial charge in [0, 0.05) is 32.1 Å². The first-order valence-corrected chi connectivity index (χ1v) is 6.21. The topological polar surface area (TPSA) is 93.2 Å². The SMILES string of the molecule is O=C(NCCNC(=O)C1CCCO1)c1cnccn1. The molecule has 102 valence electrons. The minimum absolute atomic E-state index is 0.119. The van der Waals surface area contributed by atoms with Crippen LogP contribution in [0.25, 0.3) is 0 Å². The molecule has 0 radical (unpaired) electrons. The number of hydrogen-bond acceptors (Lipinski definition) is 5. The van der Waals surface area contributed by atoms with Gasteiger partial charge in [-0.3, -0.25) is 14.6 Å².